The van der Waals surface area contributed by atoms with Crippen molar-refractivity contribution in [1.82, 2.24) is 4.98 Å². The van der Waals surface area contributed by atoms with E-state index in [-0.39, 0.29) is 0 Å². The van der Waals surface area contributed by atoms with Crippen molar-refractivity contribution in [2.75, 3.05) is 18.7 Å². The number of hydrogen-bond donors (Lipinski definition) is 1. The van der Waals surface area contributed by atoms with Gasteiger partial charge in [-0.1, -0.05) is 24.3 Å². The van der Waals surface area contributed by atoms with Gasteiger partial charge in [-0.2, -0.15) is 5.26 Å². The van der Waals surface area contributed by atoms with Crippen LogP contribution in [0.4, 0.5) is 11.4 Å². The lowest BCUT2D eigenvalue weighted by atomic mass is 10.1. The molecule has 1 heterocycles. The summed E-state index contributed by atoms with van der Waals surface area (Å²) in [6.07, 6.45) is 1.89. The number of anilines is 2. The van der Waals surface area contributed by atoms with Gasteiger partial charge in [0.05, 0.1) is 23.9 Å². The van der Waals surface area contributed by atoms with Crippen LogP contribution in [0, 0.1) is 18.3 Å². The van der Waals surface area contributed by atoms with E-state index in [1.165, 1.54) is 18.9 Å². The molecular formula is C20H17N3O2S. The van der Waals surface area contributed by atoms with Crippen LogP contribution < -0.4 is 5.32 Å². The molecule has 130 valence electrons. The van der Waals surface area contributed by atoms with Gasteiger partial charge < -0.3 is 10.1 Å². The Morgan fingerprint density at radius 3 is 2.73 bits per heavy atom. The average Bonchev–Trinajstić information content (AvgIpc) is 2.68. The van der Waals surface area contributed by atoms with Crippen molar-refractivity contribution in [3.63, 3.8) is 0 Å². The highest BCUT2D eigenvalue weighted by Crippen LogP contribution is 2.34. The third kappa shape index (κ3) is 3.22. The Labute approximate surface area is 156 Å². The lowest BCUT2D eigenvalue weighted by Crippen LogP contribution is -2.05. The molecule has 0 saturated heterocycles. The average molecular weight is 363 g/mol. The minimum absolute atomic E-state index is 0.393. The lowest BCUT2D eigenvalue weighted by Gasteiger charge is -2.15. The number of carbonyl (C=O) groups excluding carboxylic acids is 1. The molecular weight excluding hydrogens is 346 g/mol. The number of nitrogens with one attached hydrogen (secondary N) is 1. The maximum absolute atomic E-state index is 12.0. The summed E-state index contributed by atoms with van der Waals surface area (Å²) in [5, 5.41) is 14.5. The Hall–Kier alpha value is -3.04. The molecule has 0 aliphatic heterocycles. The standard InChI is InChI=1S/C20H17N3O2S/c1-12-8-9-13(10-15(12)20(24)25-2)22-18-14-6-4-5-7-17(14)23-19(26-3)16(18)11-21/h4-10H,1-3H3,(H,22,23). The summed E-state index contributed by atoms with van der Waals surface area (Å²) in [6.45, 7) is 1.85. The summed E-state index contributed by atoms with van der Waals surface area (Å²) in [4.78, 5) is 16.5. The van der Waals surface area contributed by atoms with Gasteiger partial charge in [-0.15, -0.1) is 11.8 Å². The molecule has 0 bridgehead atoms. The summed E-state index contributed by atoms with van der Waals surface area (Å²) in [7, 11) is 1.36. The van der Waals surface area contributed by atoms with Gasteiger partial charge in [0.2, 0.25) is 0 Å². The summed E-state index contributed by atoms with van der Waals surface area (Å²) < 4.78 is 4.84. The number of esters is 1. The molecule has 0 fully saturated rings. The molecule has 0 amide bonds. The molecule has 0 atom stereocenters. The number of nitrogens with zero attached hydrogens (tertiary/aromatic N) is 2. The van der Waals surface area contributed by atoms with E-state index >= 15 is 0 Å². The summed E-state index contributed by atoms with van der Waals surface area (Å²) in [5.74, 6) is -0.393. The smallest absolute Gasteiger partial charge is 0.338 e. The number of fused-ring (bicyclic) bond motifs is 1. The van der Waals surface area contributed by atoms with Crippen LogP contribution >= 0.6 is 11.8 Å². The fourth-order valence-electron chi connectivity index (χ4n) is 2.74. The van der Waals surface area contributed by atoms with E-state index in [0.717, 1.165) is 16.5 Å². The van der Waals surface area contributed by atoms with Gasteiger partial charge in [0.25, 0.3) is 0 Å². The number of nitriles is 1. The highest BCUT2D eigenvalue weighted by molar-refractivity contribution is 7.98. The number of aromatic nitrogens is 1. The number of ether oxygens (including phenoxy) is 1. The molecule has 5 nitrogen and oxygen atoms in total. The normalized spacial score (nSPS) is 10.4. The predicted molar refractivity (Wildman–Crippen MR) is 104 cm³/mol. The van der Waals surface area contributed by atoms with Gasteiger partial charge in [0, 0.05) is 11.1 Å². The summed E-state index contributed by atoms with van der Waals surface area (Å²) in [6, 6.07) is 15.4. The second-order valence-corrected chi connectivity index (χ2v) is 6.44. The zero-order valence-electron chi connectivity index (χ0n) is 14.7. The van der Waals surface area contributed by atoms with E-state index in [9.17, 15) is 10.1 Å². The van der Waals surface area contributed by atoms with E-state index in [1.807, 2.05) is 49.6 Å². The van der Waals surface area contributed by atoms with E-state index < -0.39 is 5.97 Å². The molecule has 0 aliphatic carbocycles. The maximum Gasteiger partial charge on any atom is 0.338 e. The maximum atomic E-state index is 12.0. The Balaban J connectivity index is 2.17. The topological polar surface area (TPSA) is 75.0 Å². The number of thioether (sulfide) groups is 1. The number of para-hydroxylation sites is 1. The Kier molecular flexibility index (Phi) is 5.10. The first-order chi connectivity index (χ1) is 12.6. The number of carbonyl (C=O) groups is 1. The van der Waals surface area contributed by atoms with E-state index in [0.29, 0.717) is 27.5 Å². The number of methoxy groups -OCH3 is 1. The van der Waals surface area contributed by atoms with Crippen LogP contribution in [-0.4, -0.2) is 24.3 Å². The van der Waals surface area contributed by atoms with E-state index in [2.05, 4.69) is 16.4 Å². The zero-order chi connectivity index (χ0) is 18.7. The Morgan fingerprint density at radius 2 is 2.04 bits per heavy atom. The van der Waals surface area contributed by atoms with Crippen molar-refractivity contribution in [1.29, 1.82) is 5.26 Å². The van der Waals surface area contributed by atoms with Crippen molar-refractivity contribution < 1.29 is 9.53 Å². The van der Waals surface area contributed by atoms with Gasteiger partial charge in [-0.25, -0.2) is 9.78 Å². The van der Waals surface area contributed by atoms with E-state index in [4.69, 9.17) is 4.74 Å². The molecule has 6 heteroatoms. The van der Waals surface area contributed by atoms with Gasteiger partial charge in [0.15, 0.2) is 0 Å². The number of hydrogen-bond acceptors (Lipinski definition) is 6. The molecule has 2 aromatic carbocycles. The first-order valence-corrected chi connectivity index (χ1v) is 9.14. The molecule has 3 aromatic rings. The minimum Gasteiger partial charge on any atom is -0.465 e. The quantitative estimate of drug-likeness (QED) is 0.536. The van der Waals surface area contributed by atoms with Crippen LogP contribution in [-0.2, 0) is 4.74 Å². The van der Waals surface area contributed by atoms with Crippen molar-refractivity contribution in [3.05, 3.63) is 59.2 Å². The van der Waals surface area contributed by atoms with Crippen molar-refractivity contribution >= 4 is 40.0 Å². The van der Waals surface area contributed by atoms with Gasteiger partial charge in [-0.05, 0) is 36.9 Å². The molecule has 0 unspecified atom stereocenters. The van der Waals surface area contributed by atoms with Crippen LogP contribution in [0.2, 0.25) is 0 Å². The van der Waals surface area contributed by atoms with Crippen LogP contribution in [0.1, 0.15) is 21.5 Å². The molecule has 26 heavy (non-hydrogen) atoms. The highest BCUT2D eigenvalue weighted by atomic mass is 32.2. The fraction of sp³-hybridized carbons (Fsp3) is 0.150. The Bertz CT molecular complexity index is 1040. The van der Waals surface area contributed by atoms with Gasteiger partial charge >= 0.3 is 5.97 Å². The SMILES string of the molecule is COC(=O)c1cc(Nc2c(C#N)c(SC)nc3ccccc23)ccc1C. The molecule has 0 radical (unpaired) electrons. The molecule has 3 rings (SSSR count). The van der Waals surface area contributed by atoms with Crippen molar-refractivity contribution in [2.45, 2.75) is 11.9 Å². The van der Waals surface area contributed by atoms with Crippen LogP contribution in [0.3, 0.4) is 0 Å². The van der Waals surface area contributed by atoms with Crippen LogP contribution in [0.5, 0.6) is 0 Å². The number of aryl methyl sites for hydroxylation is 1. The lowest BCUT2D eigenvalue weighted by molar-refractivity contribution is 0.0600. The highest BCUT2D eigenvalue weighted by Gasteiger charge is 2.16. The molecule has 1 aromatic heterocycles. The number of benzene rings is 2. The van der Waals surface area contributed by atoms with Gasteiger partial charge in [0.1, 0.15) is 16.7 Å². The number of pyridine rings is 1. The largest absolute Gasteiger partial charge is 0.465 e. The monoisotopic (exact) mass is 363 g/mol. The van der Waals surface area contributed by atoms with Crippen molar-refractivity contribution in [2.24, 2.45) is 0 Å². The Morgan fingerprint density at radius 1 is 1.27 bits per heavy atom. The molecule has 0 spiro atoms. The molecule has 1 N–H and O–H groups in total. The second kappa shape index (κ2) is 7.46. The molecule has 0 saturated carbocycles. The third-order valence-corrected chi connectivity index (χ3v) is 4.76. The third-order valence-electron chi connectivity index (χ3n) is 4.08. The number of rotatable bonds is 4. The zero-order valence-corrected chi connectivity index (χ0v) is 15.5. The summed E-state index contributed by atoms with van der Waals surface area (Å²) >= 11 is 1.43. The van der Waals surface area contributed by atoms with Crippen LogP contribution in [0.25, 0.3) is 10.9 Å². The molecule has 0 aliphatic rings. The minimum atomic E-state index is -0.393. The fourth-order valence-corrected chi connectivity index (χ4v) is 3.29. The van der Waals surface area contributed by atoms with E-state index in [1.54, 1.807) is 6.07 Å². The van der Waals surface area contributed by atoms with Gasteiger partial charge in [-0.3, -0.25) is 0 Å². The predicted octanol–water partition coefficient (Wildman–Crippen LogP) is 4.67. The van der Waals surface area contributed by atoms with Crippen LogP contribution in [0.15, 0.2) is 47.5 Å². The first-order valence-electron chi connectivity index (χ1n) is 7.92. The second-order valence-electron chi connectivity index (χ2n) is 5.65. The first kappa shape index (κ1) is 17.8. The van der Waals surface area contributed by atoms with Crippen molar-refractivity contribution in [3.8, 4) is 6.07 Å². The summed E-state index contributed by atoms with van der Waals surface area (Å²) in [5.41, 5.74) is 3.99.